The molecule has 0 aliphatic rings. The molecule has 0 spiro atoms. The average molecular weight is 401 g/mol. The second-order valence-electron chi connectivity index (χ2n) is 6.85. The lowest BCUT2D eigenvalue weighted by Crippen LogP contribution is -2.23. The summed E-state index contributed by atoms with van der Waals surface area (Å²) in [5, 5.41) is 16.2. The van der Waals surface area contributed by atoms with E-state index in [0.29, 0.717) is 24.8 Å². The number of hydrogen-bond donors (Lipinski definition) is 2. The lowest BCUT2D eigenvalue weighted by atomic mass is 10.0. The molecule has 1 unspecified atom stereocenters. The number of pyridine rings is 1. The summed E-state index contributed by atoms with van der Waals surface area (Å²) >= 11 is 0. The molecule has 150 valence electrons. The maximum Gasteiger partial charge on any atom is 0.433 e. The lowest BCUT2D eigenvalue weighted by molar-refractivity contribution is -0.141. The molecule has 1 atom stereocenters. The molecule has 0 fully saturated rings. The Kier molecular flexibility index (Phi) is 5.01. The van der Waals surface area contributed by atoms with E-state index in [-0.39, 0.29) is 6.04 Å². The number of halogens is 3. The van der Waals surface area contributed by atoms with Gasteiger partial charge in [-0.2, -0.15) is 18.3 Å². The first-order chi connectivity index (χ1) is 13.9. The highest BCUT2D eigenvalue weighted by molar-refractivity contribution is 5.80. The van der Waals surface area contributed by atoms with E-state index in [1.165, 1.54) is 12.3 Å². The van der Waals surface area contributed by atoms with Crippen molar-refractivity contribution in [2.45, 2.75) is 31.5 Å². The number of aryl methyl sites for hydroxylation is 1. The van der Waals surface area contributed by atoms with Gasteiger partial charge in [0, 0.05) is 17.6 Å². The molecule has 0 aliphatic carbocycles. The number of benzene rings is 1. The zero-order valence-electron chi connectivity index (χ0n) is 15.3. The number of H-pyrrole nitrogens is 1. The van der Waals surface area contributed by atoms with E-state index in [1.807, 2.05) is 24.4 Å². The minimum Gasteiger partial charge on any atom is -0.327 e. The number of aromatic nitrogens is 6. The van der Waals surface area contributed by atoms with E-state index in [1.54, 1.807) is 10.9 Å². The van der Waals surface area contributed by atoms with Crippen molar-refractivity contribution in [2.75, 3.05) is 0 Å². The van der Waals surface area contributed by atoms with Crippen molar-refractivity contribution in [3.63, 3.8) is 0 Å². The van der Waals surface area contributed by atoms with Crippen LogP contribution in [0.25, 0.3) is 16.6 Å². The fraction of sp³-hybridized carbons (Fsp3) is 0.263. The topological polar surface area (TPSA) is 98.3 Å². The molecule has 0 amide bonds. The summed E-state index contributed by atoms with van der Waals surface area (Å²) in [6, 6.07) is 7.97. The number of fused-ring (bicyclic) bond motifs is 1. The number of alkyl halides is 3. The van der Waals surface area contributed by atoms with Crippen LogP contribution in [0.15, 0.2) is 48.9 Å². The second-order valence-corrected chi connectivity index (χ2v) is 6.85. The van der Waals surface area contributed by atoms with Gasteiger partial charge in [-0.25, -0.2) is 4.68 Å². The largest absolute Gasteiger partial charge is 0.433 e. The standard InChI is InChI=1S/C19H18F3N7/c20-19(21,22)18-6-1-12(9-24-18)7-14(23)2-3-15-11-29(28-26-15)16-4-5-17-13(8-16)10-25-27-17/h1,4-6,8-11,14H,2-3,7,23H2,(H,25,27). The van der Waals surface area contributed by atoms with Gasteiger partial charge in [0.25, 0.3) is 0 Å². The molecule has 4 rings (SSSR count). The summed E-state index contributed by atoms with van der Waals surface area (Å²) in [5.41, 5.74) is 8.50. The fourth-order valence-corrected chi connectivity index (χ4v) is 3.06. The Morgan fingerprint density at radius 1 is 1.14 bits per heavy atom. The van der Waals surface area contributed by atoms with Crippen LogP contribution in [-0.4, -0.2) is 36.2 Å². The monoisotopic (exact) mass is 401 g/mol. The molecule has 3 aromatic heterocycles. The maximum atomic E-state index is 12.6. The second kappa shape index (κ2) is 7.63. The number of hydrogen-bond acceptors (Lipinski definition) is 5. The average Bonchev–Trinajstić information content (AvgIpc) is 3.35. The van der Waals surface area contributed by atoms with Crippen LogP contribution in [0.3, 0.4) is 0 Å². The number of rotatable bonds is 6. The first-order valence-electron chi connectivity index (χ1n) is 9.01. The molecule has 29 heavy (non-hydrogen) atoms. The molecule has 0 saturated heterocycles. The highest BCUT2D eigenvalue weighted by atomic mass is 19.4. The van der Waals surface area contributed by atoms with E-state index in [9.17, 15) is 13.2 Å². The zero-order valence-corrected chi connectivity index (χ0v) is 15.3. The molecule has 1 aromatic carbocycles. The number of aromatic amines is 1. The molecule has 0 radical (unpaired) electrons. The minimum atomic E-state index is -4.44. The molecule has 3 heterocycles. The van der Waals surface area contributed by atoms with Crippen LogP contribution in [-0.2, 0) is 19.0 Å². The molecule has 4 aromatic rings. The molecular weight excluding hydrogens is 383 g/mol. The number of nitrogens with two attached hydrogens (primary N) is 1. The van der Waals surface area contributed by atoms with E-state index < -0.39 is 11.9 Å². The van der Waals surface area contributed by atoms with Gasteiger partial charge in [0.15, 0.2) is 0 Å². The number of nitrogens with one attached hydrogen (secondary N) is 1. The van der Waals surface area contributed by atoms with Crippen LogP contribution in [0.4, 0.5) is 13.2 Å². The third kappa shape index (κ3) is 4.43. The van der Waals surface area contributed by atoms with Crippen molar-refractivity contribution in [1.82, 2.24) is 30.2 Å². The highest BCUT2D eigenvalue weighted by Gasteiger charge is 2.32. The van der Waals surface area contributed by atoms with Crippen LogP contribution < -0.4 is 5.73 Å². The van der Waals surface area contributed by atoms with Crippen LogP contribution in [0.2, 0.25) is 0 Å². The van der Waals surface area contributed by atoms with Crippen molar-refractivity contribution in [3.05, 3.63) is 65.9 Å². The van der Waals surface area contributed by atoms with Crippen LogP contribution in [0.1, 0.15) is 23.4 Å². The first-order valence-corrected chi connectivity index (χ1v) is 9.01. The molecule has 0 bridgehead atoms. The quantitative estimate of drug-likeness (QED) is 0.517. The van der Waals surface area contributed by atoms with Crippen molar-refractivity contribution in [2.24, 2.45) is 5.73 Å². The fourth-order valence-electron chi connectivity index (χ4n) is 3.06. The van der Waals surface area contributed by atoms with Crippen molar-refractivity contribution in [1.29, 1.82) is 0 Å². The van der Waals surface area contributed by atoms with Gasteiger partial charge in [-0.3, -0.25) is 10.1 Å². The molecular formula is C19H18F3N7. The van der Waals surface area contributed by atoms with E-state index in [2.05, 4.69) is 25.5 Å². The van der Waals surface area contributed by atoms with Gasteiger partial charge in [0.2, 0.25) is 0 Å². The molecule has 0 saturated carbocycles. The van der Waals surface area contributed by atoms with Gasteiger partial charge in [0.1, 0.15) is 5.69 Å². The van der Waals surface area contributed by atoms with Gasteiger partial charge in [-0.15, -0.1) is 5.10 Å². The summed E-state index contributed by atoms with van der Waals surface area (Å²) in [6.45, 7) is 0. The van der Waals surface area contributed by atoms with Gasteiger partial charge in [0.05, 0.1) is 29.3 Å². The Hall–Kier alpha value is -3.27. The first kappa shape index (κ1) is 19.1. The molecule has 0 aliphatic heterocycles. The SMILES string of the molecule is NC(CCc1cn(-c2ccc3[nH]ncc3c2)nn1)Cc1ccc(C(F)(F)F)nc1. The molecule has 7 nitrogen and oxygen atoms in total. The minimum absolute atomic E-state index is 0.221. The Bertz CT molecular complexity index is 1100. The summed E-state index contributed by atoms with van der Waals surface area (Å²) in [4.78, 5) is 3.46. The Labute approximate surface area is 163 Å². The summed E-state index contributed by atoms with van der Waals surface area (Å²) in [6.07, 6.45) is 2.05. The highest BCUT2D eigenvalue weighted by Crippen LogP contribution is 2.27. The Balaban J connectivity index is 1.34. The third-order valence-corrected chi connectivity index (χ3v) is 4.61. The Morgan fingerprint density at radius 2 is 2.00 bits per heavy atom. The van der Waals surface area contributed by atoms with Crippen molar-refractivity contribution >= 4 is 10.9 Å². The predicted octanol–water partition coefficient (Wildman–Crippen LogP) is 3.06. The van der Waals surface area contributed by atoms with E-state index in [4.69, 9.17) is 5.73 Å². The van der Waals surface area contributed by atoms with Crippen LogP contribution in [0.5, 0.6) is 0 Å². The lowest BCUT2D eigenvalue weighted by Gasteiger charge is -2.11. The Morgan fingerprint density at radius 3 is 2.76 bits per heavy atom. The van der Waals surface area contributed by atoms with Gasteiger partial charge in [-0.1, -0.05) is 11.3 Å². The molecule has 3 N–H and O–H groups in total. The van der Waals surface area contributed by atoms with Gasteiger partial charge in [-0.05, 0) is 49.1 Å². The normalized spacial score (nSPS) is 13.1. The van der Waals surface area contributed by atoms with E-state index >= 15 is 0 Å². The van der Waals surface area contributed by atoms with Crippen LogP contribution >= 0.6 is 0 Å². The zero-order chi connectivity index (χ0) is 20.4. The van der Waals surface area contributed by atoms with Crippen LogP contribution in [0, 0.1) is 0 Å². The maximum absolute atomic E-state index is 12.6. The summed E-state index contributed by atoms with van der Waals surface area (Å²) in [5.74, 6) is 0. The smallest absolute Gasteiger partial charge is 0.327 e. The van der Waals surface area contributed by atoms with Gasteiger partial charge < -0.3 is 5.73 Å². The number of nitrogens with zero attached hydrogens (tertiary/aromatic N) is 5. The van der Waals surface area contributed by atoms with E-state index in [0.717, 1.165) is 28.4 Å². The van der Waals surface area contributed by atoms with Crippen molar-refractivity contribution < 1.29 is 13.2 Å². The predicted molar refractivity (Wildman–Crippen MR) is 100 cm³/mol. The summed E-state index contributed by atoms with van der Waals surface area (Å²) < 4.78 is 39.4. The summed E-state index contributed by atoms with van der Waals surface area (Å²) in [7, 11) is 0. The van der Waals surface area contributed by atoms with Crippen molar-refractivity contribution in [3.8, 4) is 5.69 Å². The third-order valence-electron chi connectivity index (χ3n) is 4.61. The van der Waals surface area contributed by atoms with Gasteiger partial charge >= 0.3 is 6.18 Å². The molecule has 10 heteroatoms.